The maximum absolute atomic E-state index is 12.9. The highest BCUT2D eigenvalue weighted by atomic mass is 19.3. The predicted molar refractivity (Wildman–Crippen MR) is 104 cm³/mol. The number of amides is 4. The van der Waals surface area contributed by atoms with E-state index >= 15 is 0 Å². The van der Waals surface area contributed by atoms with Gasteiger partial charge in [-0.15, -0.1) is 0 Å². The van der Waals surface area contributed by atoms with Crippen LogP contribution in [0.1, 0.15) is 31.0 Å². The molecular formula is C21H21F2N3O4. The van der Waals surface area contributed by atoms with Crippen molar-refractivity contribution in [2.45, 2.75) is 32.0 Å². The van der Waals surface area contributed by atoms with E-state index in [1.807, 2.05) is 30.3 Å². The number of alkyl halides is 2. The molecule has 2 atom stereocenters. The fourth-order valence-corrected chi connectivity index (χ4v) is 3.26. The predicted octanol–water partition coefficient (Wildman–Crippen LogP) is 2.93. The third-order valence-corrected chi connectivity index (χ3v) is 4.91. The number of halogens is 2. The summed E-state index contributed by atoms with van der Waals surface area (Å²) in [5.41, 5.74) is -0.159. The Balaban J connectivity index is 1.68. The highest BCUT2D eigenvalue weighted by Crippen LogP contribution is 2.30. The second-order valence-corrected chi connectivity index (χ2v) is 7.05. The molecule has 0 aliphatic carbocycles. The molecule has 0 spiro atoms. The van der Waals surface area contributed by atoms with Crippen molar-refractivity contribution in [3.05, 3.63) is 65.7 Å². The van der Waals surface area contributed by atoms with Gasteiger partial charge in [0, 0.05) is 0 Å². The molecule has 0 unspecified atom stereocenters. The van der Waals surface area contributed by atoms with Gasteiger partial charge in [0.15, 0.2) is 0 Å². The van der Waals surface area contributed by atoms with Crippen LogP contribution in [0.2, 0.25) is 0 Å². The van der Waals surface area contributed by atoms with Crippen molar-refractivity contribution in [1.82, 2.24) is 15.5 Å². The van der Waals surface area contributed by atoms with Gasteiger partial charge in [-0.25, -0.2) is 4.79 Å². The summed E-state index contributed by atoms with van der Waals surface area (Å²) in [6.07, 6.45) is 0. The average Bonchev–Trinajstić information content (AvgIpc) is 2.92. The summed E-state index contributed by atoms with van der Waals surface area (Å²) in [5, 5.41) is 5.32. The Kier molecular flexibility index (Phi) is 6.00. The van der Waals surface area contributed by atoms with E-state index in [0.29, 0.717) is 5.56 Å². The SMILES string of the molecule is C[C@H](NC(=O)CN1C(=O)N[C@@](C)(c2ccc(OC(F)F)cc2)C1=O)c1ccccc1. The quantitative estimate of drug-likeness (QED) is 0.678. The van der Waals surface area contributed by atoms with Crippen molar-refractivity contribution in [3.63, 3.8) is 0 Å². The van der Waals surface area contributed by atoms with Crippen LogP contribution in [0.5, 0.6) is 5.75 Å². The molecule has 1 aliphatic heterocycles. The van der Waals surface area contributed by atoms with Crippen LogP contribution in [-0.2, 0) is 15.1 Å². The van der Waals surface area contributed by atoms with Gasteiger partial charge in [-0.05, 0) is 37.1 Å². The van der Waals surface area contributed by atoms with Crippen LogP contribution in [0.15, 0.2) is 54.6 Å². The first-order chi connectivity index (χ1) is 14.2. The molecule has 1 heterocycles. The fraction of sp³-hybridized carbons (Fsp3) is 0.286. The van der Waals surface area contributed by atoms with E-state index in [2.05, 4.69) is 15.4 Å². The number of ether oxygens (including phenoxy) is 1. The molecule has 0 saturated carbocycles. The van der Waals surface area contributed by atoms with E-state index in [1.54, 1.807) is 6.92 Å². The van der Waals surface area contributed by atoms with Gasteiger partial charge in [-0.3, -0.25) is 14.5 Å². The van der Waals surface area contributed by atoms with Crippen molar-refractivity contribution in [1.29, 1.82) is 0 Å². The first kappa shape index (κ1) is 21.2. The smallest absolute Gasteiger partial charge is 0.387 e. The highest BCUT2D eigenvalue weighted by molar-refractivity contribution is 6.09. The third kappa shape index (κ3) is 4.40. The molecule has 2 aromatic carbocycles. The Morgan fingerprint density at radius 1 is 1.13 bits per heavy atom. The molecule has 2 N–H and O–H groups in total. The molecule has 7 nitrogen and oxygen atoms in total. The lowest BCUT2D eigenvalue weighted by Crippen LogP contribution is -2.43. The molecule has 1 fully saturated rings. The molecule has 30 heavy (non-hydrogen) atoms. The number of nitrogens with zero attached hydrogens (tertiary/aromatic N) is 1. The lowest BCUT2D eigenvalue weighted by molar-refractivity contribution is -0.135. The van der Waals surface area contributed by atoms with E-state index < -0.39 is 36.5 Å². The molecule has 2 aromatic rings. The normalized spacial score (nSPS) is 19.6. The van der Waals surface area contributed by atoms with E-state index in [-0.39, 0.29) is 11.8 Å². The topological polar surface area (TPSA) is 87.7 Å². The molecule has 3 rings (SSSR count). The molecule has 1 aliphatic rings. The lowest BCUT2D eigenvalue weighted by atomic mass is 9.92. The number of nitrogens with one attached hydrogen (secondary N) is 2. The van der Waals surface area contributed by atoms with Crippen LogP contribution in [0.4, 0.5) is 13.6 Å². The maximum Gasteiger partial charge on any atom is 0.387 e. The summed E-state index contributed by atoms with van der Waals surface area (Å²) in [6.45, 7) is -0.122. The Hall–Kier alpha value is -3.49. The van der Waals surface area contributed by atoms with E-state index in [1.165, 1.54) is 31.2 Å². The van der Waals surface area contributed by atoms with Gasteiger partial charge in [-0.1, -0.05) is 42.5 Å². The minimum Gasteiger partial charge on any atom is -0.435 e. The van der Waals surface area contributed by atoms with Crippen molar-refractivity contribution >= 4 is 17.8 Å². The number of urea groups is 1. The van der Waals surface area contributed by atoms with Gasteiger partial charge in [0.1, 0.15) is 17.8 Å². The summed E-state index contributed by atoms with van der Waals surface area (Å²) in [7, 11) is 0. The van der Waals surface area contributed by atoms with Crippen LogP contribution in [0.25, 0.3) is 0 Å². The fourth-order valence-electron chi connectivity index (χ4n) is 3.26. The average molecular weight is 417 g/mol. The van der Waals surface area contributed by atoms with Crippen LogP contribution >= 0.6 is 0 Å². The second-order valence-electron chi connectivity index (χ2n) is 7.05. The lowest BCUT2D eigenvalue weighted by Gasteiger charge is -2.22. The monoisotopic (exact) mass is 417 g/mol. The highest BCUT2D eigenvalue weighted by Gasteiger charge is 2.49. The van der Waals surface area contributed by atoms with Gasteiger partial charge < -0.3 is 15.4 Å². The molecule has 0 radical (unpaired) electrons. The maximum atomic E-state index is 12.9. The summed E-state index contributed by atoms with van der Waals surface area (Å²) < 4.78 is 28.9. The minimum absolute atomic E-state index is 0.0692. The first-order valence-corrected chi connectivity index (χ1v) is 9.24. The number of imide groups is 1. The molecular weight excluding hydrogens is 396 g/mol. The molecule has 158 valence electrons. The number of rotatable bonds is 7. The Morgan fingerprint density at radius 3 is 2.37 bits per heavy atom. The van der Waals surface area contributed by atoms with E-state index in [0.717, 1.165) is 10.5 Å². The zero-order valence-corrected chi connectivity index (χ0v) is 16.4. The molecule has 1 saturated heterocycles. The third-order valence-electron chi connectivity index (χ3n) is 4.91. The standard InChI is InChI=1S/C21H21F2N3O4/c1-13(14-6-4-3-5-7-14)24-17(27)12-26-18(28)21(2,25-20(26)29)15-8-10-16(11-9-15)30-19(22)23/h3-11,13,19H,12H2,1-2H3,(H,24,27)(H,25,29)/t13-,21-/m0/s1. The Labute approximate surface area is 172 Å². The van der Waals surface area contributed by atoms with Gasteiger partial charge in [-0.2, -0.15) is 8.78 Å². The zero-order valence-electron chi connectivity index (χ0n) is 16.4. The van der Waals surface area contributed by atoms with Crippen molar-refractivity contribution in [3.8, 4) is 5.75 Å². The van der Waals surface area contributed by atoms with Crippen molar-refractivity contribution < 1.29 is 27.9 Å². The summed E-state index contributed by atoms with van der Waals surface area (Å²) in [4.78, 5) is 38.5. The molecule has 0 aromatic heterocycles. The van der Waals surface area contributed by atoms with Gasteiger partial charge >= 0.3 is 12.6 Å². The second kappa shape index (κ2) is 8.48. The van der Waals surface area contributed by atoms with E-state index in [9.17, 15) is 23.2 Å². The van der Waals surface area contributed by atoms with Gasteiger partial charge in [0.25, 0.3) is 5.91 Å². The minimum atomic E-state index is -2.97. The van der Waals surface area contributed by atoms with Crippen molar-refractivity contribution in [2.24, 2.45) is 0 Å². The van der Waals surface area contributed by atoms with Crippen LogP contribution < -0.4 is 15.4 Å². The molecule has 0 bridgehead atoms. The largest absolute Gasteiger partial charge is 0.435 e. The summed E-state index contributed by atoms with van der Waals surface area (Å²) in [6, 6.07) is 13.6. The number of carbonyl (C=O) groups is 3. The van der Waals surface area contributed by atoms with Gasteiger partial charge in [0.05, 0.1) is 6.04 Å². The number of carbonyl (C=O) groups excluding carboxylic acids is 3. The van der Waals surface area contributed by atoms with Gasteiger partial charge in [0.2, 0.25) is 5.91 Å². The Bertz CT molecular complexity index is 937. The number of benzene rings is 2. The van der Waals surface area contributed by atoms with Crippen LogP contribution in [0, 0.1) is 0 Å². The van der Waals surface area contributed by atoms with E-state index in [4.69, 9.17) is 0 Å². The van der Waals surface area contributed by atoms with Crippen molar-refractivity contribution in [2.75, 3.05) is 6.54 Å². The Morgan fingerprint density at radius 2 is 1.77 bits per heavy atom. The number of hydrogen-bond donors (Lipinski definition) is 2. The number of hydrogen-bond acceptors (Lipinski definition) is 4. The van der Waals surface area contributed by atoms with Crippen LogP contribution in [0.3, 0.4) is 0 Å². The summed E-state index contributed by atoms with van der Waals surface area (Å²) >= 11 is 0. The van der Waals surface area contributed by atoms with Crippen LogP contribution in [-0.4, -0.2) is 35.9 Å². The zero-order chi connectivity index (χ0) is 21.9. The molecule has 9 heteroatoms. The summed E-state index contributed by atoms with van der Waals surface area (Å²) in [5.74, 6) is -1.17. The first-order valence-electron chi connectivity index (χ1n) is 9.24. The molecule has 4 amide bonds.